The first-order valence-corrected chi connectivity index (χ1v) is 17.5. The summed E-state index contributed by atoms with van der Waals surface area (Å²) in [7, 11) is -6.85. The molecule has 0 spiro atoms. The first-order chi connectivity index (χ1) is 19.3. The number of amides is 1. The van der Waals surface area contributed by atoms with Crippen molar-refractivity contribution in [3.63, 3.8) is 0 Å². The van der Waals surface area contributed by atoms with E-state index in [1.807, 2.05) is 48.5 Å². The first-order valence-electron chi connectivity index (χ1n) is 13.4. The number of carbonyl (C=O) groups excluding carboxylic acids is 1. The Labute approximate surface area is 245 Å². The van der Waals surface area contributed by atoms with Crippen molar-refractivity contribution in [3.05, 3.63) is 83.0 Å². The topological polar surface area (TPSA) is 122 Å². The van der Waals surface area contributed by atoms with Gasteiger partial charge in [-0.1, -0.05) is 60.7 Å². The monoisotopic (exact) mass is 611 g/mol. The van der Waals surface area contributed by atoms with Crippen molar-refractivity contribution in [3.8, 4) is 10.4 Å². The summed E-state index contributed by atoms with van der Waals surface area (Å²) in [4.78, 5) is 19.0. The summed E-state index contributed by atoms with van der Waals surface area (Å²) < 4.78 is 53.1. The zero-order chi connectivity index (χ0) is 29.4. The van der Waals surface area contributed by atoms with Gasteiger partial charge >= 0.3 is 0 Å². The van der Waals surface area contributed by atoms with Gasteiger partial charge in [0.15, 0.2) is 5.01 Å². The van der Waals surface area contributed by atoms with Crippen LogP contribution >= 0.6 is 11.3 Å². The predicted molar refractivity (Wildman–Crippen MR) is 164 cm³/mol. The van der Waals surface area contributed by atoms with Gasteiger partial charge in [-0.25, -0.2) is 26.5 Å². The highest BCUT2D eigenvalue weighted by Crippen LogP contribution is 2.39. The third-order valence-electron chi connectivity index (χ3n) is 6.85. The Balaban J connectivity index is 1.57. The SMILES string of the molecule is CC(C)(C)NS(=O)(=O)c1ccc(-c2sc(C(=O)NC3CCS(=O)(=O)CC3)nc2Cc2ccccc2)c2ccccc12. The van der Waals surface area contributed by atoms with Gasteiger partial charge in [0.1, 0.15) is 9.84 Å². The summed E-state index contributed by atoms with van der Waals surface area (Å²) in [6, 6.07) is 20.3. The second kappa shape index (κ2) is 11.3. The Morgan fingerprint density at radius 2 is 1.59 bits per heavy atom. The highest BCUT2D eigenvalue weighted by Gasteiger charge is 2.28. The van der Waals surface area contributed by atoms with Crippen LogP contribution in [0.1, 0.15) is 54.7 Å². The van der Waals surface area contributed by atoms with E-state index < -0.39 is 25.4 Å². The van der Waals surface area contributed by atoms with Gasteiger partial charge in [-0.15, -0.1) is 11.3 Å². The van der Waals surface area contributed by atoms with Crippen molar-refractivity contribution in [2.75, 3.05) is 11.5 Å². The van der Waals surface area contributed by atoms with E-state index in [1.54, 1.807) is 39.0 Å². The number of rotatable bonds is 7. The van der Waals surface area contributed by atoms with E-state index in [2.05, 4.69) is 10.0 Å². The maximum atomic E-state index is 13.3. The lowest BCUT2D eigenvalue weighted by atomic mass is 10.0. The smallest absolute Gasteiger partial charge is 0.280 e. The van der Waals surface area contributed by atoms with E-state index in [4.69, 9.17) is 4.98 Å². The van der Waals surface area contributed by atoms with Crippen LogP contribution < -0.4 is 10.0 Å². The largest absolute Gasteiger partial charge is 0.347 e. The molecule has 0 atom stereocenters. The van der Waals surface area contributed by atoms with Gasteiger partial charge in [-0.3, -0.25) is 4.79 Å². The molecule has 4 aromatic rings. The van der Waals surface area contributed by atoms with Crippen LogP contribution in [0.4, 0.5) is 0 Å². The number of hydrogen-bond donors (Lipinski definition) is 2. The fourth-order valence-corrected chi connectivity index (χ4v) is 9.16. The number of fused-ring (bicyclic) bond motifs is 1. The second-order valence-corrected chi connectivity index (χ2v) is 16.3. The van der Waals surface area contributed by atoms with Crippen molar-refractivity contribution >= 4 is 47.9 Å². The fourth-order valence-electron chi connectivity index (χ4n) is 5.01. The molecular weight excluding hydrogens is 579 g/mol. The normalized spacial score (nSPS) is 16.1. The minimum atomic E-state index is -3.80. The van der Waals surface area contributed by atoms with E-state index in [-0.39, 0.29) is 33.4 Å². The second-order valence-electron chi connectivity index (χ2n) is 11.4. The van der Waals surface area contributed by atoms with Crippen molar-refractivity contribution < 1.29 is 21.6 Å². The number of nitrogens with one attached hydrogen (secondary N) is 2. The molecule has 0 radical (unpaired) electrons. The Morgan fingerprint density at radius 3 is 2.24 bits per heavy atom. The van der Waals surface area contributed by atoms with Crippen LogP contribution in [0.25, 0.3) is 21.2 Å². The maximum Gasteiger partial charge on any atom is 0.280 e. The number of benzene rings is 3. The van der Waals surface area contributed by atoms with Gasteiger partial charge in [-0.05, 0) is 50.6 Å². The van der Waals surface area contributed by atoms with Gasteiger partial charge in [0.25, 0.3) is 5.91 Å². The molecule has 1 aliphatic heterocycles. The van der Waals surface area contributed by atoms with Crippen LogP contribution in [0.15, 0.2) is 71.6 Å². The van der Waals surface area contributed by atoms with E-state index in [9.17, 15) is 21.6 Å². The molecule has 1 fully saturated rings. The maximum absolute atomic E-state index is 13.3. The van der Waals surface area contributed by atoms with E-state index in [1.165, 1.54) is 11.3 Å². The van der Waals surface area contributed by atoms with Crippen LogP contribution in [-0.2, 0) is 26.3 Å². The molecule has 0 aliphatic carbocycles. The van der Waals surface area contributed by atoms with Crippen molar-refractivity contribution in [1.82, 2.24) is 15.0 Å². The number of sulfonamides is 1. The molecule has 1 aromatic heterocycles. The molecule has 1 aliphatic rings. The molecule has 8 nitrogen and oxygen atoms in total. The molecule has 0 unspecified atom stereocenters. The Morgan fingerprint density at radius 1 is 0.951 bits per heavy atom. The van der Waals surface area contributed by atoms with Gasteiger partial charge in [0.2, 0.25) is 10.0 Å². The summed E-state index contributed by atoms with van der Waals surface area (Å²) in [5.41, 5.74) is 1.89. The Hall–Kier alpha value is -3.12. The molecule has 0 saturated carbocycles. The fraction of sp³-hybridized carbons (Fsp3) is 0.333. The quantitative estimate of drug-likeness (QED) is 0.305. The molecule has 11 heteroatoms. The predicted octanol–water partition coefficient (Wildman–Crippen LogP) is 4.94. The third-order valence-corrected chi connectivity index (χ3v) is 11.5. The average Bonchev–Trinajstić information content (AvgIpc) is 3.32. The molecule has 5 rings (SSSR count). The molecule has 216 valence electrons. The summed E-state index contributed by atoms with van der Waals surface area (Å²) in [5.74, 6) is -0.213. The molecule has 41 heavy (non-hydrogen) atoms. The zero-order valence-electron chi connectivity index (χ0n) is 23.2. The summed E-state index contributed by atoms with van der Waals surface area (Å²) >= 11 is 1.26. The highest BCUT2D eigenvalue weighted by atomic mass is 32.2. The summed E-state index contributed by atoms with van der Waals surface area (Å²) in [6.45, 7) is 5.40. The van der Waals surface area contributed by atoms with Crippen molar-refractivity contribution in [1.29, 1.82) is 0 Å². The number of hydrogen-bond acceptors (Lipinski definition) is 7. The number of carbonyl (C=O) groups is 1. The lowest BCUT2D eigenvalue weighted by Gasteiger charge is -2.22. The van der Waals surface area contributed by atoms with E-state index in [0.29, 0.717) is 30.3 Å². The van der Waals surface area contributed by atoms with Crippen molar-refractivity contribution in [2.24, 2.45) is 0 Å². The van der Waals surface area contributed by atoms with E-state index in [0.717, 1.165) is 21.4 Å². The van der Waals surface area contributed by atoms with Crippen LogP contribution in [-0.4, -0.2) is 50.8 Å². The molecule has 1 amide bonds. The molecule has 2 heterocycles. The minimum Gasteiger partial charge on any atom is -0.347 e. The lowest BCUT2D eigenvalue weighted by Crippen LogP contribution is -2.40. The molecule has 3 aromatic carbocycles. The van der Waals surface area contributed by atoms with Crippen LogP contribution in [0.5, 0.6) is 0 Å². The third kappa shape index (κ3) is 6.86. The highest BCUT2D eigenvalue weighted by molar-refractivity contribution is 7.91. The zero-order valence-corrected chi connectivity index (χ0v) is 25.6. The number of aromatic nitrogens is 1. The standard InChI is InChI=1S/C30H33N3O5S3/c1-30(2,3)33-41(37,38)26-14-13-24(22-11-7-8-12-23(22)26)27-25(19-20-9-5-4-6-10-20)32-29(39-27)28(34)31-21-15-17-40(35,36)18-16-21/h4-14,21,33H,15-19H2,1-3H3,(H,31,34). The lowest BCUT2D eigenvalue weighted by molar-refractivity contribution is 0.0933. The first kappa shape index (κ1) is 29.4. The van der Waals surface area contributed by atoms with Crippen LogP contribution in [0.2, 0.25) is 0 Å². The average molecular weight is 612 g/mol. The van der Waals surface area contributed by atoms with Gasteiger partial charge < -0.3 is 5.32 Å². The van der Waals surface area contributed by atoms with E-state index >= 15 is 0 Å². The molecule has 0 bridgehead atoms. The van der Waals surface area contributed by atoms with Gasteiger partial charge in [0, 0.05) is 29.0 Å². The summed E-state index contributed by atoms with van der Waals surface area (Å²) in [5, 5.41) is 4.58. The Bertz CT molecular complexity index is 1800. The minimum absolute atomic E-state index is 0.0612. The molecule has 2 N–H and O–H groups in total. The van der Waals surface area contributed by atoms with Gasteiger partial charge in [-0.2, -0.15) is 0 Å². The van der Waals surface area contributed by atoms with Crippen LogP contribution in [0.3, 0.4) is 0 Å². The number of thiazole rings is 1. The van der Waals surface area contributed by atoms with Crippen molar-refractivity contribution in [2.45, 2.75) is 56.5 Å². The van der Waals surface area contributed by atoms with Crippen LogP contribution in [0, 0.1) is 0 Å². The number of sulfone groups is 1. The summed E-state index contributed by atoms with van der Waals surface area (Å²) in [6.07, 6.45) is 1.25. The number of nitrogens with zero attached hydrogens (tertiary/aromatic N) is 1. The van der Waals surface area contributed by atoms with Gasteiger partial charge in [0.05, 0.1) is 27.0 Å². The molecule has 1 saturated heterocycles. The Kier molecular flexibility index (Phi) is 8.08. The molecular formula is C30H33N3O5S3.